The zero-order chi connectivity index (χ0) is 14.6. The van der Waals surface area contributed by atoms with E-state index < -0.39 is 0 Å². The van der Waals surface area contributed by atoms with Gasteiger partial charge >= 0.3 is 0 Å². The summed E-state index contributed by atoms with van der Waals surface area (Å²) in [5, 5.41) is 3.45. The average Bonchev–Trinajstić information content (AvgIpc) is 2.42. The van der Waals surface area contributed by atoms with Gasteiger partial charge in [0.25, 0.3) is 0 Å². The fourth-order valence-electron chi connectivity index (χ4n) is 2.55. The standard InChI is InChI=1S/C15H26N4O/c1-4-9-20-14-12(16)13(17-10-18-14)19-11-5-7-15(2,3)8-6-11/h10-11H,4-9,16H2,1-3H3,(H,17,18,19). The molecule has 5 nitrogen and oxygen atoms in total. The van der Waals surface area contributed by atoms with Crippen molar-refractivity contribution in [1.29, 1.82) is 0 Å². The zero-order valence-electron chi connectivity index (χ0n) is 12.8. The van der Waals surface area contributed by atoms with Crippen LogP contribution in [0.15, 0.2) is 6.33 Å². The predicted molar refractivity (Wildman–Crippen MR) is 81.9 cm³/mol. The highest BCUT2D eigenvalue weighted by Gasteiger charge is 2.27. The SMILES string of the molecule is CCCOc1ncnc(NC2CCC(C)(C)CC2)c1N. The van der Waals surface area contributed by atoms with Gasteiger partial charge in [0.15, 0.2) is 5.82 Å². The molecular formula is C15H26N4O. The Bertz CT molecular complexity index is 437. The molecule has 0 aromatic carbocycles. The van der Waals surface area contributed by atoms with Crippen molar-refractivity contribution in [2.24, 2.45) is 5.41 Å². The first kappa shape index (κ1) is 14.9. The second kappa shape index (κ2) is 6.29. The first-order valence-corrected chi connectivity index (χ1v) is 7.51. The van der Waals surface area contributed by atoms with Crippen molar-refractivity contribution in [2.75, 3.05) is 17.7 Å². The Hall–Kier alpha value is -1.52. The summed E-state index contributed by atoms with van der Waals surface area (Å²) in [6, 6.07) is 0.444. The van der Waals surface area contributed by atoms with E-state index in [-0.39, 0.29) is 0 Å². The summed E-state index contributed by atoms with van der Waals surface area (Å²) in [7, 11) is 0. The number of rotatable bonds is 5. The Kier molecular flexibility index (Phi) is 4.68. The van der Waals surface area contributed by atoms with Gasteiger partial charge in [0, 0.05) is 6.04 Å². The number of nitrogen functional groups attached to an aromatic ring is 1. The second-order valence-electron chi connectivity index (χ2n) is 6.37. The average molecular weight is 278 g/mol. The molecular weight excluding hydrogens is 252 g/mol. The Balaban J connectivity index is 1.99. The summed E-state index contributed by atoms with van der Waals surface area (Å²) < 4.78 is 5.53. The van der Waals surface area contributed by atoms with Gasteiger partial charge in [-0.05, 0) is 37.5 Å². The highest BCUT2D eigenvalue weighted by molar-refractivity contribution is 5.66. The molecule has 0 amide bonds. The lowest BCUT2D eigenvalue weighted by Crippen LogP contribution is -2.30. The fraction of sp³-hybridized carbons (Fsp3) is 0.733. The summed E-state index contributed by atoms with van der Waals surface area (Å²) in [4.78, 5) is 8.34. The van der Waals surface area contributed by atoms with Crippen LogP contribution in [-0.2, 0) is 0 Å². The van der Waals surface area contributed by atoms with Crippen LogP contribution in [0.1, 0.15) is 52.9 Å². The summed E-state index contributed by atoms with van der Waals surface area (Å²) in [6.07, 6.45) is 7.22. The summed E-state index contributed by atoms with van der Waals surface area (Å²) in [5.74, 6) is 1.19. The third-order valence-corrected chi connectivity index (χ3v) is 3.97. The Morgan fingerprint density at radius 1 is 1.35 bits per heavy atom. The predicted octanol–water partition coefficient (Wildman–Crippen LogP) is 3.23. The molecule has 5 heteroatoms. The van der Waals surface area contributed by atoms with Crippen molar-refractivity contribution in [3.05, 3.63) is 6.33 Å². The highest BCUT2D eigenvalue weighted by atomic mass is 16.5. The van der Waals surface area contributed by atoms with Crippen LogP contribution in [0.3, 0.4) is 0 Å². The van der Waals surface area contributed by atoms with E-state index >= 15 is 0 Å². The van der Waals surface area contributed by atoms with Gasteiger partial charge in [0.1, 0.15) is 12.0 Å². The van der Waals surface area contributed by atoms with E-state index in [2.05, 4.69) is 36.1 Å². The molecule has 1 heterocycles. The van der Waals surface area contributed by atoms with Gasteiger partial charge in [-0.15, -0.1) is 0 Å². The first-order chi connectivity index (χ1) is 9.52. The van der Waals surface area contributed by atoms with Crippen LogP contribution in [-0.4, -0.2) is 22.6 Å². The lowest BCUT2D eigenvalue weighted by Gasteiger charge is -2.35. The van der Waals surface area contributed by atoms with Crippen LogP contribution in [0, 0.1) is 5.41 Å². The van der Waals surface area contributed by atoms with Crippen LogP contribution < -0.4 is 15.8 Å². The fourth-order valence-corrected chi connectivity index (χ4v) is 2.55. The number of ether oxygens (including phenoxy) is 1. The monoisotopic (exact) mass is 278 g/mol. The minimum Gasteiger partial charge on any atom is -0.476 e. The van der Waals surface area contributed by atoms with Crippen LogP contribution in [0.4, 0.5) is 11.5 Å². The van der Waals surface area contributed by atoms with Gasteiger partial charge in [-0.2, -0.15) is 4.98 Å². The van der Waals surface area contributed by atoms with E-state index in [1.165, 1.54) is 19.2 Å². The molecule has 0 spiro atoms. The number of nitrogens with zero attached hydrogens (tertiary/aromatic N) is 2. The lowest BCUT2D eigenvalue weighted by atomic mass is 9.75. The van der Waals surface area contributed by atoms with Crippen LogP contribution in [0.25, 0.3) is 0 Å². The van der Waals surface area contributed by atoms with Gasteiger partial charge < -0.3 is 15.8 Å². The van der Waals surface area contributed by atoms with Gasteiger partial charge in [-0.1, -0.05) is 20.8 Å². The highest BCUT2D eigenvalue weighted by Crippen LogP contribution is 2.36. The third-order valence-electron chi connectivity index (χ3n) is 3.97. The molecule has 20 heavy (non-hydrogen) atoms. The van der Waals surface area contributed by atoms with Crippen LogP contribution in [0.5, 0.6) is 5.88 Å². The van der Waals surface area contributed by atoms with E-state index in [9.17, 15) is 0 Å². The minimum atomic E-state index is 0.444. The Morgan fingerprint density at radius 2 is 2.05 bits per heavy atom. The molecule has 0 aliphatic heterocycles. The quantitative estimate of drug-likeness (QED) is 0.865. The molecule has 1 fully saturated rings. The summed E-state index contributed by atoms with van der Waals surface area (Å²) in [6.45, 7) is 7.34. The van der Waals surface area contributed by atoms with Crippen molar-refractivity contribution in [3.8, 4) is 5.88 Å². The maximum absolute atomic E-state index is 6.08. The van der Waals surface area contributed by atoms with Gasteiger partial charge in [0.05, 0.1) is 6.61 Å². The molecule has 1 saturated carbocycles. The number of nitrogens with one attached hydrogen (secondary N) is 1. The van der Waals surface area contributed by atoms with Crippen molar-refractivity contribution in [3.63, 3.8) is 0 Å². The number of nitrogens with two attached hydrogens (primary N) is 1. The van der Waals surface area contributed by atoms with Gasteiger partial charge in [-0.25, -0.2) is 4.98 Å². The second-order valence-corrected chi connectivity index (χ2v) is 6.37. The molecule has 2 rings (SSSR count). The Morgan fingerprint density at radius 3 is 2.70 bits per heavy atom. The molecule has 1 aliphatic carbocycles. The molecule has 0 saturated heterocycles. The largest absolute Gasteiger partial charge is 0.476 e. The number of hydrogen-bond acceptors (Lipinski definition) is 5. The molecule has 1 aliphatic rings. The van der Waals surface area contributed by atoms with Crippen molar-refractivity contribution >= 4 is 11.5 Å². The maximum Gasteiger partial charge on any atom is 0.242 e. The van der Waals surface area contributed by atoms with E-state index in [0.717, 1.165) is 19.3 Å². The third kappa shape index (κ3) is 3.74. The van der Waals surface area contributed by atoms with E-state index in [4.69, 9.17) is 10.5 Å². The zero-order valence-corrected chi connectivity index (χ0v) is 12.8. The first-order valence-electron chi connectivity index (χ1n) is 7.51. The van der Waals surface area contributed by atoms with E-state index in [0.29, 0.717) is 35.4 Å². The molecule has 112 valence electrons. The molecule has 0 unspecified atom stereocenters. The lowest BCUT2D eigenvalue weighted by molar-refractivity contribution is 0.232. The molecule has 0 bridgehead atoms. The van der Waals surface area contributed by atoms with Gasteiger partial charge in [-0.3, -0.25) is 0 Å². The molecule has 3 N–H and O–H groups in total. The number of aromatic nitrogens is 2. The van der Waals surface area contributed by atoms with Crippen LogP contribution in [0.2, 0.25) is 0 Å². The van der Waals surface area contributed by atoms with E-state index in [1.807, 2.05) is 0 Å². The minimum absolute atomic E-state index is 0.444. The summed E-state index contributed by atoms with van der Waals surface area (Å²) >= 11 is 0. The molecule has 1 aromatic heterocycles. The summed E-state index contributed by atoms with van der Waals surface area (Å²) in [5.41, 5.74) is 7.06. The van der Waals surface area contributed by atoms with Crippen molar-refractivity contribution < 1.29 is 4.74 Å². The van der Waals surface area contributed by atoms with E-state index in [1.54, 1.807) is 0 Å². The molecule has 0 radical (unpaired) electrons. The van der Waals surface area contributed by atoms with Crippen molar-refractivity contribution in [2.45, 2.75) is 58.9 Å². The number of hydrogen-bond donors (Lipinski definition) is 2. The molecule has 0 atom stereocenters. The topological polar surface area (TPSA) is 73.1 Å². The van der Waals surface area contributed by atoms with Gasteiger partial charge in [0.2, 0.25) is 5.88 Å². The number of anilines is 2. The molecule has 1 aromatic rings. The van der Waals surface area contributed by atoms with Crippen LogP contribution >= 0.6 is 0 Å². The maximum atomic E-state index is 6.08. The Labute approximate surface area is 121 Å². The van der Waals surface area contributed by atoms with Crippen molar-refractivity contribution in [1.82, 2.24) is 9.97 Å². The normalized spacial score (nSPS) is 18.8. The smallest absolute Gasteiger partial charge is 0.242 e.